The maximum Gasteiger partial charge on any atom is 0.333 e. The Kier molecular flexibility index (Phi) is 3.69. The predicted molar refractivity (Wildman–Crippen MR) is 98.1 cm³/mol. The summed E-state index contributed by atoms with van der Waals surface area (Å²) >= 11 is 0. The molecule has 0 aliphatic heterocycles. The number of fused-ring (bicyclic) bond motifs is 3. The minimum absolute atomic E-state index is 0.263. The van der Waals surface area contributed by atoms with Crippen LogP contribution in [0.15, 0.2) is 38.6 Å². The fourth-order valence-electron chi connectivity index (χ4n) is 3.30. The highest BCUT2D eigenvalue weighted by molar-refractivity contribution is 5.80. The van der Waals surface area contributed by atoms with Gasteiger partial charge >= 0.3 is 5.69 Å². The number of furan rings is 1. The Bertz CT molecular complexity index is 1300. The number of carbonyl (C=O) groups excluding carboxylic acids is 1. The fourth-order valence-corrected chi connectivity index (χ4v) is 3.30. The van der Waals surface area contributed by atoms with Gasteiger partial charge in [0.2, 0.25) is 5.78 Å². The summed E-state index contributed by atoms with van der Waals surface area (Å²) < 4.78 is 11.3. The van der Waals surface area contributed by atoms with Crippen molar-refractivity contribution in [2.24, 2.45) is 7.05 Å². The first-order valence-electron chi connectivity index (χ1n) is 8.53. The lowest BCUT2D eigenvalue weighted by Crippen LogP contribution is -2.42. The van der Waals surface area contributed by atoms with E-state index >= 15 is 0 Å². The largest absolute Gasteiger partial charge is 0.467 e. The molecule has 0 aromatic carbocycles. The van der Waals surface area contributed by atoms with Crippen molar-refractivity contribution in [3.05, 3.63) is 56.9 Å². The van der Waals surface area contributed by atoms with Crippen LogP contribution in [-0.2, 0) is 18.4 Å². The molecule has 1 atom stereocenters. The van der Waals surface area contributed by atoms with Gasteiger partial charge in [-0.05, 0) is 32.9 Å². The van der Waals surface area contributed by atoms with Gasteiger partial charge < -0.3 is 8.98 Å². The molecular formula is C18H19N5O4. The number of imidazole rings is 2. The summed E-state index contributed by atoms with van der Waals surface area (Å²) in [5, 5.41) is 0. The first kappa shape index (κ1) is 17.1. The van der Waals surface area contributed by atoms with Crippen LogP contribution in [0.3, 0.4) is 0 Å². The topological polar surface area (TPSA) is 96.4 Å². The number of Topliss-reactive ketones (excluding diaryl/α,β-unsaturated/α-hetero) is 1. The zero-order valence-electron chi connectivity index (χ0n) is 15.5. The Morgan fingerprint density at radius 2 is 2.07 bits per heavy atom. The maximum atomic E-state index is 13.1. The van der Waals surface area contributed by atoms with Crippen molar-refractivity contribution in [1.82, 2.24) is 23.1 Å². The highest BCUT2D eigenvalue weighted by atomic mass is 16.3. The van der Waals surface area contributed by atoms with Crippen molar-refractivity contribution in [3.8, 4) is 0 Å². The molecule has 9 nitrogen and oxygen atoms in total. The molecule has 0 unspecified atom stereocenters. The third-order valence-electron chi connectivity index (χ3n) is 4.96. The number of hydrogen-bond donors (Lipinski definition) is 0. The molecule has 0 spiro atoms. The van der Waals surface area contributed by atoms with E-state index in [1.807, 2.05) is 17.6 Å². The second kappa shape index (κ2) is 5.83. The van der Waals surface area contributed by atoms with Crippen molar-refractivity contribution >= 4 is 22.7 Å². The number of aromatic nitrogens is 5. The van der Waals surface area contributed by atoms with Crippen LogP contribution in [0, 0.1) is 6.92 Å². The minimum atomic E-state index is -0.850. The molecule has 0 saturated carbocycles. The highest BCUT2D eigenvalue weighted by Crippen LogP contribution is 2.18. The van der Waals surface area contributed by atoms with Gasteiger partial charge in [0.15, 0.2) is 16.9 Å². The smallest absolute Gasteiger partial charge is 0.333 e. The third-order valence-corrected chi connectivity index (χ3v) is 4.96. The zero-order valence-corrected chi connectivity index (χ0v) is 15.5. The van der Waals surface area contributed by atoms with Gasteiger partial charge in [-0.15, -0.1) is 0 Å². The number of ketones is 1. The molecule has 0 N–H and O–H groups in total. The summed E-state index contributed by atoms with van der Waals surface area (Å²) in [6.45, 7) is 5.26. The standard InChI is InChI=1S/C18H19N5O4/c1-10-8-22-14-15(19-17(22)21(10)9-13-6-5-7-27-13)20(4)18(26)23(16(14)25)11(2)12(3)24/h5-8,11H,9H2,1-4H3/t11-/m1/s1. The van der Waals surface area contributed by atoms with Crippen LogP contribution >= 0.6 is 0 Å². The number of hydrogen-bond acceptors (Lipinski definition) is 5. The van der Waals surface area contributed by atoms with Crippen molar-refractivity contribution in [2.75, 3.05) is 0 Å². The highest BCUT2D eigenvalue weighted by Gasteiger charge is 2.24. The van der Waals surface area contributed by atoms with Crippen molar-refractivity contribution in [3.63, 3.8) is 0 Å². The summed E-state index contributed by atoms with van der Waals surface area (Å²) in [6.07, 6.45) is 3.39. The van der Waals surface area contributed by atoms with E-state index in [1.54, 1.807) is 36.9 Å². The van der Waals surface area contributed by atoms with Crippen LogP contribution < -0.4 is 11.2 Å². The molecule has 0 bridgehead atoms. The molecule has 27 heavy (non-hydrogen) atoms. The van der Waals surface area contributed by atoms with E-state index in [4.69, 9.17) is 4.42 Å². The van der Waals surface area contributed by atoms with Crippen LogP contribution in [0.1, 0.15) is 31.3 Å². The zero-order chi connectivity index (χ0) is 19.5. The Hall–Kier alpha value is -3.36. The van der Waals surface area contributed by atoms with Gasteiger partial charge in [-0.1, -0.05) is 0 Å². The van der Waals surface area contributed by atoms with E-state index in [9.17, 15) is 14.4 Å². The Morgan fingerprint density at radius 1 is 1.33 bits per heavy atom. The molecule has 0 aliphatic rings. The lowest BCUT2D eigenvalue weighted by molar-refractivity contribution is -0.119. The van der Waals surface area contributed by atoms with Crippen LogP contribution in [0.2, 0.25) is 0 Å². The lowest BCUT2D eigenvalue weighted by atomic mass is 10.2. The molecule has 140 valence electrons. The maximum absolute atomic E-state index is 13.1. The van der Waals surface area contributed by atoms with Gasteiger partial charge in [0.05, 0.1) is 18.8 Å². The molecule has 4 heterocycles. The number of rotatable bonds is 4. The van der Waals surface area contributed by atoms with Gasteiger partial charge in [0, 0.05) is 18.9 Å². The summed E-state index contributed by atoms with van der Waals surface area (Å²) in [4.78, 5) is 42.0. The van der Waals surface area contributed by atoms with Gasteiger partial charge in [0.1, 0.15) is 5.76 Å². The van der Waals surface area contributed by atoms with Crippen molar-refractivity contribution in [2.45, 2.75) is 33.4 Å². The average molecular weight is 369 g/mol. The molecule has 4 aromatic rings. The molecule has 0 amide bonds. The van der Waals surface area contributed by atoms with Crippen molar-refractivity contribution in [1.29, 1.82) is 0 Å². The second-order valence-electron chi connectivity index (χ2n) is 6.69. The summed E-state index contributed by atoms with van der Waals surface area (Å²) in [6, 6.07) is 2.81. The molecule has 9 heteroatoms. The normalized spacial score (nSPS) is 12.9. The lowest BCUT2D eigenvalue weighted by Gasteiger charge is -2.12. The summed E-state index contributed by atoms with van der Waals surface area (Å²) in [7, 11) is 1.55. The Morgan fingerprint density at radius 3 is 2.70 bits per heavy atom. The quantitative estimate of drug-likeness (QED) is 0.539. The Balaban J connectivity index is 2.06. The van der Waals surface area contributed by atoms with E-state index in [0.717, 1.165) is 16.0 Å². The van der Waals surface area contributed by atoms with E-state index in [2.05, 4.69) is 4.98 Å². The van der Waals surface area contributed by atoms with Crippen molar-refractivity contribution < 1.29 is 9.21 Å². The van der Waals surface area contributed by atoms with Gasteiger partial charge in [0.25, 0.3) is 5.56 Å². The van der Waals surface area contributed by atoms with Crippen LogP contribution in [0.5, 0.6) is 0 Å². The van der Waals surface area contributed by atoms with Gasteiger partial charge in [-0.2, -0.15) is 4.98 Å². The van der Waals surface area contributed by atoms with Gasteiger partial charge in [-0.3, -0.25) is 18.6 Å². The van der Waals surface area contributed by atoms with E-state index in [0.29, 0.717) is 12.3 Å². The van der Waals surface area contributed by atoms with Crippen LogP contribution in [0.25, 0.3) is 16.9 Å². The molecular weight excluding hydrogens is 350 g/mol. The first-order valence-corrected chi connectivity index (χ1v) is 8.53. The number of aryl methyl sites for hydroxylation is 2. The monoisotopic (exact) mass is 369 g/mol. The molecule has 0 radical (unpaired) electrons. The molecule has 0 saturated heterocycles. The number of nitrogens with zero attached hydrogens (tertiary/aromatic N) is 5. The van der Waals surface area contributed by atoms with E-state index < -0.39 is 17.3 Å². The first-order chi connectivity index (χ1) is 12.8. The number of carbonyl (C=O) groups is 1. The molecule has 0 aliphatic carbocycles. The summed E-state index contributed by atoms with van der Waals surface area (Å²) in [5.41, 5.74) is 0.334. The van der Waals surface area contributed by atoms with Crippen LogP contribution in [0.4, 0.5) is 0 Å². The van der Waals surface area contributed by atoms with Gasteiger partial charge in [-0.25, -0.2) is 9.36 Å². The predicted octanol–water partition coefficient (Wildman–Crippen LogP) is 1.25. The Labute approximate surface area is 153 Å². The third kappa shape index (κ3) is 2.38. The minimum Gasteiger partial charge on any atom is -0.467 e. The SMILES string of the molecule is CC(=O)[C@@H](C)n1c(=O)c2c(nc3n(Cc4ccco4)c(C)cn23)n(C)c1=O. The molecule has 4 rings (SSSR count). The van der Waals surface area contributed by atoms with Crippen LogP contribution in [-0.4, -0.2) is 28.9 Å². The fraction of sp³-hybridized carbons (Fsp3) is 0.333. The van der Waals surface area contributed by atoms with E-state index in [1.165, 1.54) is 11.5 Å². The summed E-state index contributed by atoms with van der Waals surface area (Å²) in [5.74, 6) is 1.01. The average Bonchev–Trinajstić information content (AvgIpc) is 3.31. The van der Waals surface area contributed by atoms with E-state index in [-0.39, 0.29) is 16.9 Å². The second-order valence-corrected chi connectivity index (χ2v) is 6.69. The molecule has 4 aromatic heterocycles. The molecule has 0 fully saturated rings.